The van der Waals surface area contributed by atoms with Gasteiger partial charge in [0, 0.05) is 9.50 Å². The van der Waals surface area contributed by atoms with Crippen LogP contribution in [0.1, 0.15) is 20.7 Å². The van der Waals surface area contributed by atoms with Crippen LogP contribution in [-0.4, -0.2) is 17.0 Å². The number of benzene rings is 2. The second kappa shape index (κ2) is 6.24. The van der Waals surface area contributed by atoms with Gasteiger partial charge in [0.05, 0.1) is 16.8 Å². The van der Waals surface area contributed by atoms with E-state index in [-0.39, 0.29) is 21.8 Å². The van der Waals surface area contributed by atoms with Crippen LogP contribution in [0.5, 0.6) is 0 Å². The molecule has 0 bridgehead atoms. The third kappa shape index (κ3) is 3.59. The molecule has 0 unspecified atom stereocenters. The van der Waals surface area contributed by atoms with Crippen molar-refractivity contribution in [2.75, 3.05) is 5.32 Å². The van der Waals surface area contributed by atoms with E-state index in [1.54, 1.807) is 0 Å². The van der Waals surface area contributed by atoms with Crippen LogP contribution in [0.3, 0.4) is 0 Å². The minimum atomic E-state index is -1.13. The second-order valence-electron chi connectivity index (χ2n) is 4.08. The number of rotatable bonds is 3. The number of carboxylic acids is 1. The highest BCUT2D eigenvalue weighted by Gasteiger charge is 2.15. The lowest BCUT2D eigenvalue weighted by molar-refractivity contribution is 0.0696. The van der Waals surface area contributed by atoms with Crippen LogP contribution >= 0.6 is 27.5 Å². The molecule has 7 heteroatoms. The van der Waals surface area contributed by atoms with Crippen molar-refractivity contribution in [3.8, 4) is 0 Å². The monoisotopic (exact) mass is 371 g/mol. The molecule has 0 fully saturated rings. The number of hydrogen-bond acceptors (Lipinski definition) is 2. The van der Waals surface area contributed by atoms with Crippen molar-refractivity contribution in [1.82, 2.24) is 0 Å². The summed E-state index contributed by atoms with van der Waals surface area (Å²) in [6.45, 7) is 0. The Labute approximate surface area is 132 Å². The third-order valence-corrected chi connectivity index (χ3v) is 3.56. The first kappa shape index (κ1) is 15.5. The molecule has 0 heterocycles. The lowest BCUT2D eigenvalue weighted by atomic mass is 10.1. The Bertz CT molecular complexity index is 736. The molecule has 2 rings (SSSR count). The number of carbonyl (C=O) groups is 2. The number of halogens is 3. The number of carboxylic acid groups (broad SMARTS) is 1. The fraction of sp³-hybridized carbons (Fsp3) is 0. The molecule has 2 aromatic rings. The topological polar surface area (TPSA) is 66.4 Å². The Morgan fingerprint density at radius 2 is 1.90 bits per heavy atom. The van der Waals surface area contributed by atoms with E-state index < -0.39 is 17.7 Å². The van der Waals surface area contributed by atoms with Gasteiger partial charge in [-0.05, 0) is 52.3 Å². The fourth-order valence-corrected chi connectivity index (χ4v) is 2.13. The molecule has 0 aliphatic carbocycles. The van der Waals surface area contributed by atoms with Gasteiger partial charge >= 0.3 is 5.97 Å². The molecule has 2 aromatic carbocycles. The summed E-state index contributed by atoms with van der Waals surface area (Å²) in [5.41, 5.74) is -0.00512. The van der Waals surface area contributed by atoms with Gasteiger partial charge < -0.3 is 10.4 Å². The molecule has 0 atom stereocenters. The van der Waals surface area contributed by atoms with Crippen LogP contribution < -0.4 is 5.32 Å². The predicted octanol–water partition coefficient (Wildman–Crippen LogP) is 4.19. The SMILES string of the molecule is O=C(O)c1ccc(Br)c(NC(=O)c2cc(Cl)ccc2F)c1. The van der Waals surface area contributed by atoms with Crippen molar-refractivity contribution in [2.45, 2.75) is 0 Å². The standard InChI is InChI=1S/C14H8BrClFNO3/c15-10-3-1-7(14(20)21)5-12(10)18-13(19)9-6-8(16)2-4-11(9)17/h1-6H,(H,18,19)(H,20,21). The molecule has 0 spiro atoms. The third-order valence-electron chi connectivity index (χ3n) is 2.63. The van der Waals surface area contributed by atoms with Gasteiger partial charge in [0.1, 0.15) is 5.82 Å². The highest BCUT2D eigenvalue weighted by molar-refractivity contribution is 9.10. The van der Waals surface area contributed by atoms with Crippen LogP contribution in [0.25, 0.3) is 0 Å². The number of aromatic carboxylic acids is 1. The minimum absolute atomic E-state index is 0.0000611. The molecule has 0 aliphatic heterocycles. The van der Waals surface area contributed by atoms with Gasteiger partial charge in [0.25, 0.3) is 5.91 Å². The Morgan fingerprint density at radius 3 is 2.57 bits per heavy atom. The summed E-state index contributed by atoms with van der Waals surface area (Å²) in [5.74, 6) is -2.58. The molecule has 21 heavy (non-hydrogen) atoms. The van der Waals surface area contributed by atoms with Crippen LogP contribution in [0, 0.1) is 5.82 Å². The predicted molar refractivity (Wildman–Crippen MR) is 80.5 cm³/mol. The summed E-state index contributed by atoms with van der Waals surface area (Å²) in [6, 6.07) is 7.73. The normalized spacial score (nSPS) is 10.2. The Kier molecular flexibility index (Phi) is 4.59. The summed E-state index contributed by atoms with van der Waals surface area (Å²) in [4.78, 5) is 23.0. The smallest absolute Gasteiger partial charge is 0.335 e. The zero-order valence-corrected chi connectivity index (χ0v) is 12.7. The summed E-state index contributed by atoms with van der Waals surface area (Å²) in [7, 11) is 0. The van der Waals surface area contributed by atoms with Crippen molar-refractivity contribution in [2.24, 2.45) is 0 Å². The minimum Gasteiger partial charge on any atom is -0.478 e. The zero-order chi connectivity index (χ0) is 15.6. The van der Waals surface area contributed by atoms with Gasteiger partial charge in [0.15, 0.2) is 0 Å². The number of carbonyl (C=O) groups excluding carboxylic acids is 1. The molecule has 0 saturated heterocycles. The van der Waals surface area contributed by atoms with Crippen molar-refractivity contribution in [3.05, 3.63) is 62.8 Å². The van der Waals surface area contributed by atoms with E-state index in [1.807, 2.05) is 0 Å². The van der Waals surface area contributed by atoms with E-state index in [1.165, 1.54) is 30.3 Å². The lowest BCUT2D eigenvalue weighted by Crippen LogP contribution is -2.14. The summed E-state index contributed by atoms with van der Waals surface area (Å²) in [5, 5.41) is 11.6. The van der Waals surface area contributed by atoms with E-state index >= 15 is 0 Å². The van der Waals surface area contributed by atoms with Crippen molar-refractivity contribution in [3.63, 3.8) is 0 Å². The van der Waals surface area contributed by atoms with Crippen molar-refractivity contribution < 1.29 is 19.1 Å². The number of amides is 1. The maximum absolute atomic E-state index is 13.6. The molecule has 0 radical (unpaired) electrons. The van der Waals surface area contributed by atoms with Crippen LogP contribution in [0.2, 0.25) is 5.02 Å². The summed E-state index contributed by atoms with van der Waals surface area (Å²) >= 11 is 8.91. The first-order valence-electron chi connectivity index (χ1n) is 5.67. The Morgan fingerprint density at radius 1 is 1.19 bits per heavy atom. The Balaban J connectivity index is 2.33. The largest absolute Gasteiger partial charge is 0.478 e. The number of nitrogens with one attached hydrogen (secondary N) is 1. The van der Waals surface area contributed by atoms with E-state index in [2.05, 4.69) is 21.2 Å². The second-order valence-corrected chi connectivity index (χ2v) is 5.37. The first-order valence-corrected chi connectivity index (χ1v) is 6.85. The van der Waals surface area contributed by atoms with E-state index in [0.717, 1.165) is 6.07 Å². The highest BCUT2D eigenvalue weighted by atomic mass is 79.9. The first-order chi connectivity index (χ1) is 9.88. The number of hydrogen-bond donors (Lipinski definition) is 2. The summed E-state index contributed by atoms with van der Waals surface area (Å²) < 4.78 is 14.1. The van der Waals surface area contributed by atoms with E-state index in [9.17, 15) is 14.0 Å². The van der Waals surface area contributed by atoms with Crippen molar-refractivity contribution >= 4 is 45.1 Å². The summed E-state index contributed by atoms with van der Waals surface area (Å²) in [6.07, 6.45) is 0. The van der Waals surface area contributed by atoms with Gasteiger partial charge in [0.2, 0.25) is 0 Å². The highest BCUT2D eigenvalue weighted by Crippen LogP contribution is 2.25. The molecule has 0 aromatic heterocycles. The van der Waals surface area contributed by atoms with Gasteiger partial charge in [-0.1, -0.05) is 11.6 Å². The maximum atomic E-state index is 13.6. The van der Waals surface area contributed by atoms with Crippen LogP contribution in [0.15, 0.2) is 40.9 Å². The molecule has 0 aliphatic rings. The molecule has 1 amide bonds. The zero-order valence-electron chi connectivity index (χ0n) is 10.4. The van der Waals surface area contributed by atoms with Crippen molar-refractivity contribution in [1.29, 1.82) is 0 Å². The van der Waals surface area contributed by atoms with Crippen LogP contribution in [0.4, 0.5) is 10.1 Å². The molecule has 108 valence electrons. The van der Waals surface area contributed by atoms with E-state index in [0.29, 0.717) is 4.47 Å². The Hall–Kier alpha value is -1.92. The van der Waals surface area contributed by atoms with Crippen LogP contribution in [-0.2, 0) is 0 Å². The van der Waals surface area contributed by atoms with E-state index in [4.69, 9.17) is 16.7 Å². The molecule has 0 saturated carbocycles. The average Bonchev–Trinajstić information content (AvgIpc) is 2.43. The molecular weight excluding hydrogens is 365 g/mol. The quantitative estimate of drug-likeness (QED) is 0.849. The van der Waals surface area contributed by atoms with Gasteiger partial charge in [-0.25, -0.2) is 9.18 Å². The van der Waals surface area contributed by atoms with Gasteiger partial charge in [-0.3, -0.25) is 4.79 Å². The van der Waals surface area contributed by atoms with Gasteiger partial charge in [-0.15, -0.1) is 0 Å². The molecule has 4 nitrogen and oxygen atoms in total. The molecular formula is C14H8BrClFNO3. The number of anilines is 1. The fourth-order valence-electron chi connectivity index (χ4n) is 1.62. The maximum Gasteiger partial charge on any atom is 0.335 e. The average molecular weight is 373 g/mol. The molecule has 2 N–H and O–H groups in total. The van der Waals surface area contributed by atoms with Gasteiger partial charge in [-0.2, -0.15) is 0 Å². The lowest BCUT2D eigenvalue weighted by Gasteiger charge is -2.09.